The van der Waals surface area contributed by atoms with E-state index in [0.29, 0.717) is 42.1 Å². The normalized spacial score (nSPS) is 16.6. The van der Waals surface area contributed by atoms with Crippen molar-refractivity contribution >= 4 is 23.3 Å². The predicted octanol–water partition coefficient (Wildman–Crippen LogP) is 3.34. The number of aromatic nitrogens is 3. The molecule has 1 saturated heterocycles. The van der Waals surface area contributed by atoms with Gasteiger partial charge in [-0.25, -0.2) is 9.78 Å². The average molecular weight is 422 g/mol. The van der Waals surface area contributed by atoms with E-state index in [9.17, 15) is 9.59 Å². The Balaban J connectivity index is 1.53. The lowest BCUT2D eigenvalue weighted by Crippen LogP contribution is -2.35. The number of nitrogens with zero attached hydrogens (tertiary/aromatic N) is 4. The first-order valence-corrected chi connectivity index (χ1v) is 10.4. The first-order valence-electron chi connectivity index (χ1n) is 10.4. The summed E-state index contributed by atoms with van der Waals surface area (Å²) in [5, 5.41) is 4.25. The topological polar surface area (TPSA) is 103 Å². The van der Waals surface area contributed by atoms with Gasteiger partial charge in [0.05, 0.1) is 11.8 Å². The Morgan fingerprint density at radius 3 is 2.68 bits per heavy atom. The maximum absolute atomic E-state index is 12.9. The molecule has 0 radical (unpaired) electrons. The Kier molecular flexibility index (Phi) is 5.39. The quantitative estimate of drug-likeness (QED) is 0.648. The lowest BCUT2D eigenvalue weighted by atomic mass is 10.0. The lowest BCUT2D eigenvalue weighted by Gasteiger charge is -2.24. The average Bonchev–Trinajstić information content (AvgIpc) is 3.34. The Morgan fingerprint density at radius 1 is 1.23 bits per heavy atom. The minimum atomic E-state index is -0.514. The molecule has 0 aliphatic carbocycles. The maximum Gasteiger partial charge on any atom is 0.410 e. The fourth-order valence-corrected chi connectivity index (χ4v) is 3.84. The van der Waals surface area contributed by atoms with Crippen LogP contribution < -0.4 is 5.73 Å². The highest BCUT2D eigenvalue weighted by Crippen LogP contribution is 2.24. The van der Waals surface area contributed by atoms with Crippen LogP contribution in [-0.4, -0.2) is 50.1 Å². The highest BCUT2D eigenvalue weighted by atomic mass is 16.6. The molecular formula is C23H27N5O3. The van der Waals surface area contributed by atoms with E-state index in [1.54, 1.807) is 23.1 Å². The summed E-state index contributed by atoms with van der Waals surface area (Å²) in [6, 6.07) is 10.8. The van der Waals surface area contributed by atoms with Gasteiger partial charge >= 0.3 is 6.09 Å². The molecule has 1 amide bonds. The van der Waals surface area contributed by atoms with Gasteiger partial charge in [0.25, 0.3) is 0 Å². The second-order valence-electron chi connectivity index (χ2n) is 8.95. The Labute approximate surface area is 181 Å². The summed E-state index contributed by atoms with van der Waals surface area (Å²) >= 11 is 0. The van der Waals surface area contributed by atoms with Crippen LogP contribution >= 0.6 is 0 Å². The van der Waals surface area contributed by atoms with E-state index in [2.05, 4.69) is 5.10 Å². The molecule has 2 N–H and O–H groups in total. The van der Waals surface area contributed by atoms with Crippen LogP contribution in [0.15, 0.2) is 42.6 Å². The van der Waals surface area contributed by atoms with Crippen LogP contribution in [0.1, 0.15) is 48.8 Å². The summed E-state index contributed by atoms with van der Waals surface area (Å²) in [5.41, 5.74) is 7.90. The number of benzene rings is 1. The third kappa shape index (κ3) is 4.52. The molecular weight excluding hydrogens is 394 g/mol. The van der Waals surface area contributed by atoms with Gasteiger partial charge in [-0.05, 0) is 39.5 Å². The van der Waals surface area contributed by atoms with Gasteiger partial charge in [-0.3, -0.25) is 4.79 Å². The second-order valence-corrected chi connectivity index (χ2v) is 8.95. The zero-order chi connectivity index (χ0) is 22.2. The number of hydrogen-bond donors (Lipinski definition) is 1. The Hall–Kier alpha value is -3.42. The van der Waals surface area contributed by atoms with Crippen molar-refractivity contribution in [1.82, 2.24) is 19.5 Å². The monoisotopic (exact) mass is 421 g/mol. The molecule has 8 heteroatoms. The van der Waals surface area contributed by atoms with E-state index < -0.39 is 5.60 Å². The van der Waals surface area contributed by atoms with Crippen LogP contribution in [0.5, 0.6) is 0 Å². The van der Waals surface area contributed by atoms with Crippen molar-refractivity contribution in [2.45, 2.75) is 39.2 Å². The van der Waals surface area contributed by atoms with E-state index in [1.165, 1.54) is 10.7 Å². The zero-order valence-corrected chi connectivity index (χ0v) is 18.0. The van der Waals surface area contributed by atoms with Crippen LogP contribution in [0.25, 0.3) is 5.65 Å². The number of ether oxygens (including phenoxy) is 1. The van der Waals surface area contributed by atoms with Gasteiger partial charge in [-0.1, -0.05) is 30.3 Å². The molecule has 1 fully saturated rings. The van der Waals surface area contributed by atoms with Crippen LogP contribution in [0.4, 0.5) is 10.6 Å². The van der Waals surface area contributed by atoms with Gasteiger partial charge in [0.15, 0.2) is 11.4 Å². The summed E-state index contributed by atoms with van der Waals surface area (Å²) in [6.07, 6.45) is 2.74. The van der Waals surface area contributed by atoms with Gasteiger partial charge in [0.1, 0.15) is 11.4 Å². The van der Waals surface area contributed by atoms with Crippen molar-refractivity contribution in [3.63, 3.8) is 0 Å². The first kappa shape index (κ1) is 20.8. The number of amides is 1. The SMILES string of the molecule is CC(C)(C)OC(=O)N1CC[C@H](Cc2cc(N)n3ncc(C(=O)c4ccccc4)c3n2)C1. The molecule has 3 heterocycles. The van der Waals surface area contributed by atoms with Crippen LogP contribution in [0, 0.1) is 5.92 Å². The van der Waals surface area contributed by atoms with Crippen LogP contribution in [0.2, 0.25) is 0 Å². The minimum Gasteiger partial charge on any atom is -0.444 e. The van der Waals surface area contributed by atoms with Crippen molar-refractivity contribution in [2.75, 3.05) is 18.8 Å². The predicted molar refractivity (Wildman–Crippen MR) is 117 cm³/mol. The fraction of sp³-hybridized carbons (Fsp3) is 0.391. The fourth-order valence-electron chi connectivity index (χ4n) is 3.84. The molecule has 1 aliphatic rings. The number of carbonyl (C=O) groups is 2. The highest BCUT2D eigenvalue weighted by Gasteiger charge is 2.30. The number of nitrogen functional groups attached to an aromatic ring is 1. The number of anilines is 1. The standard InChI is InChI=1S/C23H27N5O3/c1-23(2,3)31-22(30)27-10-9-15(14-27)11-17-12-19(24)28-21(26-17)18(13-25-28)20(29)16-7-5-4-6-8-16/h4-8,12-13,15H,9-11,14,24H2,1-3H3/t15-/m1/s1. The molecule has 2 aromatic heterocycles. The number of carbonyl (C=O) groups excluding carboxylic acids is 2. The third-order valence-electron chi connectivity index (χ3n) is 5.27. The summed E-state index contributed by atoms with van der Waals surface area (Å²) in [4.78, 5) is 31.7. The molecule has 0 saturated carbocycles. The second kappa shape index (κ2) is 8.02. The number of rotatable bonds is 4. The number of fused-ring (bicyclic) bond motifs is 1. The molecule has 4 rings (SSSR count). The van der Waals surface area contributed by atoms with Crippen molar-refractivity contribution in [2.24, 2.45) is 5.92 Å². The number of ketones is 1. The molecule has 8 nitrogen and oxygen atoms in total. The Bertz CT molecular complexity index is 1120. The summed E-state index contributed by atoms with van der Waals surface area (Å²) in [6.45, 7) is 6.85. The first-order chi connectivity index (χ1) is 14.7. The molecule has 1 atom stereocenters. The number of likely N-dealkylation sites (tertiary alicyclic amines) is 1. The lowest BCUT2D eigenvalue weighted by molar-refractivity contribution is 0.0288. The van der Waals surface area contributed by atoms with E-state index in [4.69, 9.17) is 15.5 Å². The van der Waals surface area contributed by atoms with E-state index in [1.807, 2.05) is 39.0 Å². The van der Waals surface area contributed by atoms with Crippen molar-refractivity contribution in [1.29, 1.82) is 0 Å². The third-order valence-corrected chi connectivity index (χ3v) is 5.27. The molecule has 31 heavy (non-hydrogen) atoms. The van der Waals surface area contributed by atoms with E-state index in [0.717, 1.165) is 12.1 Å². The van der Waals surface area contributed by atoms with E-state index >= 15 is 0 Å². The molecule has 0 unspecified atom stereocenters. The van der Waals surface area contributed by atoms with Crippen molar-refractivity contribution in [3.8, 4) is 0 Å². The molecule has 0 bridgehead atoms. The molecule has 0 spiro atoms. The molecule has 162 valence electrons. The largest absolute Gasteiger partial charge is 0.444 e. The van der Waals surface area contributed by atoms with Crippen molar-refractivity contribution in [3.05, 3.63) is 59.4 Å². The highest BCUT2D eigenvalue weighted by molar-refractivity contribution is 6.12. The van der Waals surface area contributed by atoms with Gasteiger partial charge in [0.2, 0.25) is 0 Å². The van der Waals surface area contributed by atoms with Crippen LogP contribution in [-0.2, 0) is 11.2 Å². The van der Waals surface area contributed by atoms with Gasteiger partial charge in [0, 0.05) is 30.4 Å². The number of hydrogen-bond acceptors (Lipinski definition) is 6. The Morgan fingerprint density at radius 2 is 1.97 bits per heavy atom. The smallest absolute Gasteiger partial charge is 0.410 e. The van der Waals surface area contributed by atoms with Crippen LogP contribution in [0.3, 0.4) is 0 Å². The number of nitrogens with two attached hydrogens (primary N) is 1. The maximum atomic E-state index is 12.9. The summed E-state index contributed by atoms with van der Waals surface area (Å²) in [5.74, 6) is 0.531. The van der Waals surface area contributed by atoms with Gasteiger partial charge < -0.3 is 15.4 Å². The molecule has 1 aliphatic heterocycles. The molecule has 1 aromatic carbocycles. The minimum absolute atomic E-state index is 0.142. The zero-order valence-electron chi connectivity index (χ0n) is 18.0. The van der Waals surface area contributed by atoms with Gasteiger partial charge in [-0.2, -0.15) is 9.61 Å². The van der Waals surface area contributed by atoms with Crippen molar-refractivity contribution < 1.29 is 14.3 Å². The van der Waals surface area contributed by atoms with E-state index in [-0.39, 0.29) is 17.8 Å². The molecule has 3 aromatic rings. The summed E-state index contributed by atoms with van der Waals surface area (Å²) < 4.78 is 6.96. The van der Waals surface area contributed by atoms with Gasteiger partial charge in [-0.15, -0.1) is 0 Å². The summed E-state index contributed by atoms with van der Waals surface area (Å²) in [7, 11) is 0.